The molecule has 0 aliphatic rings. The molecule has 0 saturated heterocycles. The van der Waals surface area contributed by atoms with Crippen LogP contribution in [-0.2, 0) is 13.0 Å². The number of hydrogen-bond acceptors (Lipinski definition) is 4. The average Bonchev–Trinajstić information content (AvgIpc) is 2.74. The van der Waals surface area contributed by atoms with E-state index in [0.29, 0.717) is 12.1 Å². The van der Waals surface area contributed by atoms with E-state index in [0.717, 1.165) is 40.4 Å². The summed E-state index contributed by atoms with van der Waals surface area (Å²) in [5, 5.41) is 6.28. The molecule has 28 heavy (non-hydrogen) atoms. The summed E-state index contributed by atoms with van der Waals surface area (Å²) in [6.07, 6.45) is 2.46. The van der Waals surface area contributed by atoms with Gasteiger partial charge in [-0.05, 0) is 54.3 Å². The fourth-order valence-corrected chi connectivity index (χ4v) is 2.96. The highest BCUT2D eigenvalue weighted by Crippen LogP contribution is 2.22. The van der Waals surface area contributed by atoms with E-state index >= 15 is 0 Å². The van der Waals surface area contributed by atoms with Crippen LogP contribution < -0.4 is 15.4 Å². The Labute approximate surface area is 165 Å². The number of methoxy groups -OCH3 is 1. The van der Waals surface area contributed by atoms with E-state index in [1.807, 2.05) is 55.5 Å². The Kier molecular flexibility index (Phi) is 6.27. The Morgan fingerprint density at radius 1 is 1.07 bits per heavy atom. The van der Waals surface area contributed by atoms with E-state index in [9.17, 15) is 4.79 Å². The largest absolute Gasteiger partial charge is 0.497 e. The van der Waals surface area contributed by atoms with Crippen molar-refractivity contribution in [3.05, 3.63) is 83.0 Å². The minimum Gasteiger partial charge on any atom is -0.497 e. The van der Waals surface area contributed by atoms with Gasteiger partial charge in [0.15, 0.2) is 0 Å². The van der Waals surface area contributed by atoms with Gasteiger partial charge in [0.2, 0.25) is 0 Å². The van der Waals surface area contributed by atoms with Crippen molar-refractivity contribution in [1.29, 1.82) is 0 Å². The molecule has 0 spiro atoms. The van der Waals surface area contributed by atoms with Crippen molar-refractivity contribution >= 4 is 17.4 Å². The van der Waals surface area contributed by atoms with Gasteiger partial charge in [-0.1, -0.05) is 37.3 Å². The van der Waals surface area contributed by atoms with Gasteiger partial charge in [0.05, 0.1) is 12.7 Å². The molecule has 0 atom stereocenters. The van der Waals surface area contributed by atoms with Crippen LogP contribution in [0.5, 0.6) is 5.75 Å². The van der Waals surface area contributed by atoms with Gasteiger partial charge >= 0.3 is 0 Å². The van der Waals surface area contributed by atoms with Crippen LogP contribution in [0.25, 0.3) is 0 Å². The van der Waals surface area contributed by atoms with Crippen molar-refractivity contribution in [3.8, 4) is 5.75 Å². The van der Waals surface area contributed by atoms with Gasteiger partial charge in [0.1, 0.15) is 11.6 Å². The normalized spacial score (nSPS) is 10.4. The van der Waals surface area contributed by atoms with Crippen LogP contribution >= 0.6 is 0 Å². The summed E-state index contributed by atoms with van der Waals surface area (Å²) in [4.78, 5) is 17.0. The lowest BCUT2D eigenvalue weighted by Crippen LogP contribution is -2.14. The maximum Gasteiger partial charge on any atom is 0.257 e. The molecular weight excluding hydrogens is 350 g/mol. The van der Waals surface area contributed by atoms with Gasteiger partial charge in [-0.25, -0.2) is 4.98 Å². The second-order valence-corrected chi connectivity index (χ2v) is 6.55. The number of para-hydroxylation sites is 1. The van der Waals surface area contributed by atoms with E-state index < -0.39 is 0 Å². The predicted molar refractivity (Wildman–Crippen MR) is 113 cm³/mol. The number of nitrogens with zero attached hydrogens (tertiary/aromatic N) is 1. The molecule has 0 aliphatic heterocycles. The number of aromatic nitrogens is 1. The van der Waals surface area contributed by atoms with Gasteiger partial charge in [-0.3, -0.25) is 4.79 Å². The van der Waals surface area contributed by atoms with Gasteiger partial charge in [-0.15, -0.1) is 0 Å². The summed E-state index contributed by atoms with van der Waals surface area (Å²) in [6, 6.07) is 17.5. The number of carbonyl (C=O) groups excluding carboxylic acids is 1. The zero-order chi connectivity index (χ0) is 19.9. The topological polar surface area (TPSA) is 63.2 Å². The molecule has 0 unspecified atom stereocenters. The quantitative estimate of drug-likeness (QED) is 0.621. The molecule has 5 heteroatoms. The Hall–Kier alpha value is -3.34. The van der Waals surface area contributed by atoms with Crippen molar-refractivity contribution < 1.29 is 9.53 Å². The van der Waals surface area contributed by atoms with Crippen molar-refractivity contribution in [3.63, 3.8) is 0 Å². The van der Waals surface area contributed by atoms with Crippen molar-refractivity contribution in [2.75, 3.05) is 17.7 Å². The number of aryl methyl sites for hydroxylation is 2. The monoisotopic (exact) mass is 375 g/mol. The molecule has 1 heterocycles. The lowest BCUT2D eigenvalue weighted by Gasteiger charge is -2.13. The number of rotatable bonds is 7. The third-order valence-electron chi connectivity index (χ3n) is 4.64. The smallest absolute Gasteiger partial charge is 0.257 e. The molecule has 0 bridgehead atoms. The molecule has 3 rings (SSSR count). The lowest BCUT2D eigenvalue weighted by molar-refractivity contribution is 0.102. The SMILES string of the molecule is CCc1cccc(C)c1NC(=O)c1ccc(NCc2ccc(OC)cc2)nc1. The molecular formula is C23H25N3O2. The van der Waals surface area contributed by atoms with E-state index in [2.05, 4.69) is 22.5 Å². The first-order valence-electron chi connectivity index (χ1n) is 9.33. The molecule has 1 aromatic heterocycles. The fraction of sp³-hybridized carbons (Fsp3) is 0.217. The predicted octanol–water partition coefficient (Wildman–Crippen LogP) is 4.83. The molecule has 0 fully saturated rings. The Morgan fingerprint density at radius 3 is 2.50 bits per heavy atom. The number of anilines is 2. The average molecular weight is 375 g/mol. The van der Waals surface area contributed by atoms with E-state index in [1.54, 1.807) is 19.4 Å². The molecule has 2 aromatic carbocycles. The zero-order valence-corrected chi connectivity index (χ0v) is 16.5. The summed E-state index contributed by atoms with van der Waals surface area (Å²) < 4.78 is 5.16. The summed E-state index contributed by atoms with van der Waals surface area (Å²) >= 11 is 0. The van der Waals surface area contributed by atoms with Crippen LogP contribution in [0, 0.1) is 6.92 Å². The Balaban J connectivity index is 1.62. The second-order valence-electron chi connectivity index (χ2n) is 6.55. The highest BCUT2D eigenvalue weighted by atomic mass is 16.5. The van der Waals surface area contributed by atoms with E-state index in [4.69, 9.17) is 4.74 Å². The zero-order valence-electron chi connectivity index (χ0n) is 16.5. The highest BCUT2D eigenvalue weighted by Gasteiger charge is 2.11. The minimum atomic E-state index is -0.154. The first-order chi connectivity index (χ1) is 13.6. The standard InChI is InChI=1S/C23H25N3O2/c1-4-18-7-5-6-16(2)22(18)26-23(27)19-10-13-21(25-15-19)24-14-17-8-11-20(28-3)12-9-17/h5-13,15H,4,14H2,1-3H3,(H,24,25)(H,26,27). The van der Waals surface area contributed by atoms with Gasteiger partial charge < -0.3 is 15.4 Å². The number of carbonyl (C=O) groups is 1. The summed E-state index contributed by atoms with van der Waals surface area (Å²) in [7, 11) is 1.65. The maximum atomic E-state index is 12.6. The number of pyridine rings is 1. The molecule has 0 saturated carbocycles. The summed E-state index contributed by atoms with van der Waals surface area (Å²) in [5.74, 6) is 1.40. The molecule has 2 N–H and O–H groups in total. The minimum absolute atomic E-state index is 0.154. The van der Waals surface area contributed by atoms with Crippen LogP contribution in [0.1, 0.15) is 34.0 Å². The van der Waals surface area contributed by atoms with Crippen LogP contribution in [-0.4, -0.2) is 18.0 Å². The number of amides is 1. The van der Waals surface area contributed by atoms with Gasteiger partial charge in [0, 0.05) is 18.4 Å². The summed E-state index contributed by atoms with van der Waals surface area (Å²) in [5.41, 5.74) is 4.71. The van der Waals surface area contributed by atoms with Crippen LogP contribution in [0.3, 0.4) is 0 Å². The lowest BCUT2D eigenvalue weighted by atomic mass is 10.1. The molecule has 0 aliphatic carbocycles. The molecule has 3 aromatic rings. The highest BCUT2D eigenvalue weighted by molar-refractivity contribution is 6.05. The molecule has 1 amide bonds. The van der Waals surface area contributed by atoms with E-state index in [-0.39, 0.29) is 5.91 Å². The van der Waals surface area contributed by atoms with Crippen molar-refractivity contribution in [2.24, 2.45) is 0 Å². The van der Waals surface area contributed by atoms with Gasteiger partial charge in [0.25, 0.3) is 5.91 Å². The Morgan fingerprint density at radius 2 is 1.86 bits per heavy atom. The van der Waals surface area contributed by atoms with E-state index in [1.165, 1.54) is 0 Å². The van der Waals surface area contributed by atoms with Crippen LogP contribution in [0.15, 0.2) is 60.8 Å². The number of hydrogen-bond donors (Lipinski definition) is 2. The first kappa shape index (κ1) is 19.4. The number of benzene rings is 2. The molecule has 0 radical (unpaired) electrons. The second kappa shape index (κ2) is 9.04. The third kappa shape index (κ3) is 4.68. The number of nitrogens with one attached hydrogen (secondary N) is 2. The van der Waals surface area contributed by atoms with Gasteiger partial charge in [-0.2, -0.15) is 0 Å². The first-order valence-corrected chi connectivity index (χ1v) is 9.33. The van der Waals surface area contributed by atoms with Crippen molar-refractivity contribution in [2.45, 2.75) is 26.8 Å². The third-order valence-corrected chi connectivity index (χ3v) is 4.64. The maximum absolute atomic E-state index is 12.6. The molecule has 144 valence electrons. The number of ether oxygens (including phenoxy) is 1. The molecule has 5 nitrogen and oxygen atoms in total. The van der Waals surface area contributed by atoms with Crippen LogP contribution in [0.4, 0.5) is 11.5 Å². The Bertz CT molecular complexity index is 935. The summed E-state index contributed by atoms with van der Waals surface area (Å²) in [6.45, 7) is 4.72. The van der Waals surface area contributed by atoms with Crippen LogP contribution in [0.2, 0.25) is 0 Å². The fourth-order valence-electron chi connectivity index (χ4n) is 2.96. The van der Waals surface area contributed by atoms with Crippen molar-refractivity contribution in [1.82, 2.24) is 4.98 Å².